The van der Waals surface area contributed by atoms with E-state index in [1.54, 1.807) is 0 Å². The van der Waals surface area contributed by atoms with E-state index in [0.717, 1.165) is 180 Å². The number of rotatable bonds is 75. The van der Waals surface area contributed by atoms with Crippen molar-refractivity contribution < 1.29 is 122 Å². The predicted octanol–water partition coefficient (Wildman–Crippen LogP) is 17.1. The van der Waals surface area contributed by atoms with Gasteiger partial charge in [-0.1, -0.05) is 295 Å². The summed E-state index contributed by atoms with van der Waals surface area (Å²) in [6.45, 7) is 5.55. The monoisotopic (exact) mass is 1690 g/mol. The lowest BCUT2D eigenvalue weighted by Gasteiger charge is -2.50. The second-order valence-corrected chi connectivity index (χ2v) is 34.6. The first-order valence-corrected chi connectivity index (χ1v) is 48.2. The fourth-order valence-electron chi connectivity index (χ4n) is 15.1. The van der Waals surface area contributed by atoms with Crippen LogP contribution in [0.15, 0.2) is 36.5 Å². The number of carbonyl (C=O) groups is 4. The summed E-state index contributed by atoms with van der Waals surface area (Å²) in [7, 11) is -5.81. The number of hydrogen-bond acceptors (Lipinski definition) is 24. The number of hydrogen-bond donors (Lipinski definition) is 10. The van der Waals surface area contributed by atoms with Crippen LogP contribution < -0.4 is 0 Å². The molecule has 117 heavy (non-hydrogen) atoms. The van der Waals surface area contributed by atoms with Crippen LogP contribution in [-0.2, 0) is 70.7 Å². The average Bonchev–Trinajstić information content (AvgIpc) is 0.754. The highest BCUT2D eigenvalue weighted by molar-refractivity contribution is 7.47. The number of carbonyl (C=O) groups excluding carboxylic acids is 4. The van der Waals surface area contributed by atoms with Gasteiger partial charge in [0.1, 0.15) is 92.6 Å². The Kier molecular flexibility index (Phi) is 64.6. The van der Waals surface area contributed by atoms with Gasteiger partial charge in [0.15, 0.2) is 24.8 Å². The number of phosphoric ester groups is 1. The van der Waals surface area contributed by atoms with Crippen LogP contribution in [0.5, 0.6) is 0 Å². The molecule has 1 saturated carbocycles. The van der Waals surface area contributed by atoms with Crippen molar-refractivity contribution >= 4 is 31.7 Å². The number of ether oxygens (including phenoxy) is 8. The van der Waals surface area contributed by atoms with E-state index in [-0.39, 0.29) is 25.7 Å². The summed E-state index contributed by atoms with van der Waals surface area (Å²) in [6, 6.07) is 0. The lowest BCUT2D eigenvalue weighted by Crippen LogP contribution is -2.70. The van der Waals surface area contributed by atoms with Gasteiger partial charge in [0.05, 0.1) is 13.2 Å². The number of aliphatic hydroxyl groups is 9. The molecule has 2 heterocycles. The highest BCUT2D eigenvalue weighted by Gasteiger charge is 2.60. The Bertz CT molecular complexity index is 2580. The first-order chi connectivity index (χ1) is 56.7. The summed E-state index contributed by atoms with van der Waals surface area (Å²) < 4.78 is 73.4. The van der Waals surface area contributed by atoms with Crippen LogP contribution in [0.25, 0.3) is 0 Å². The standard InChI is InChI=1S/C91H165O25P/c1-5-9-13-17-21-25-29-33-36-40-43-47-51-55-59-63-74(93)107-68-71(110-76(95)65-61-57-53-49-45-39-32-28-24-20-16-12-8-4)69-109-117(105,106)116-89-87(114-90-84(103)80(99)78(97)72(67-92)111-90)83(102)82(101)86(113-77(96)66-62-58-54-50-46-42-38-35-31-27-23-19-15-11-7-3)88(89)115-91-85(104)81(100)79(98)73(112-91)70-108-75(94)64-60-56-52-48-44-41-37-34-30-26-22-18-14-10-6-2/h25-27,29-31,71-73,78-92,97-104H,5-24,28,32-70H2,1-4H3,(H,105,106)/b29-25-,30-26-,31-27-. The lowest BCUT2D eigenvalue weighted by molar-refractivity contribution is -0.360. The summed E-state index contributed by atoms with van der Waals surface area (Å²) in [5.74, 6) is -2.98. The molecule has 2 saturated heterocycles. The molecule has 0 aromatic carbocycles. The molecule has 0 aromatic rings. The first-order valence-electron chi connectivity index (χ1n) is 46.7. The summed E-state index contributed by atoms with van der Waals surface area (Å²) in [5, 5.41) is 102. The zero-order valence-corrected chi connectivity index (χ0v) is 73.6. The molecule has 18 unspecified atom stereocenters. The topological polar surface area (TPSA) is 380 Å². The second kappa shape index (κ2) is 70.0. The van der Waals surface area contributed by atoms with E-state index in [9.17, 15) is 74.6 Å². The van der Waals surface area contributed by atoms with Gasteiger partial charge < -0.3 is 88.7 Å². The van der Waals surface area contributed by atoms with E-state index in [0.29, 0.717) is 32.1 Å². The number of phosphoric acid groups is 1. The van der Waals surface area contributed by atoms with Gasteiger partial charge in [-0.2, -0.15) is 0 Å². The Balaban J connectivity index is 1.92. The van der Waals surface area contributed by atoms with Gasteiger partial charge in [-0.15, -0.1) is 0 Å². The Morgan fingerprint density at radius 1 is 0.333 bits per heavy atom. The summed E-state index contributed by atoms with van der Waals surface area (Å²) in [4.78, 5) is 66.4. The molecular formula is C91H165O25P. The number of esters is 4. The maximum absolute atomic E-state index is 14.9. The fraction of sp³-hybridized carbons (Fsp3) is 0.890. The smallest absolute Gasteiger partial charge is 0.463 e. The molecule has 3 aliphatic rings. The third kappa shape index (κ3) is 50.3. The van der Waals surface area contributed by atoms with Crippen LogP contribution in [0, 0.1) is 0 Å². The summed E-state index contributed by atoms with van der Waals surface area (Å²) in [5.41, 5.74) is 0. The molecule has 0 bridgehead atoms. The average molecular weight is 1690 g/mol. The third-order valence-electron chi connectivity index (χ3n) is 22.6. The maximum atomic E-state index is 14.9. The number of unbranched alkanes of at least 4 members (excludes halogenated alkanes) is 45. The van der Waals surface area contributed by atoms with E-state index in [4.69, 9.17) is 46.9 Å². The minimum atomic E-state index is -5.81. The van der Waals surface area contributed by atoms with Crippen LogP contribution in [-0.4, -0.2) is 205 Å². The molecule has 25 nitrogen and oxygen atoms in total. The first kappa shape index (κ1) is 108. The molecule has 0 aromatic heterocycles. The molecule has 3 fully saturated rings. The van der Waals surface area contributed by atoms with Crippen molar-refractivity contribution in [3.8, 4) is 0 Å². The molecule has 10 N–H and O–H groups in total. The Labute approximate surface area is 704 Å². The SMILES string of the molecule is CCCCCC/C=C\CCCCCCCCCC(=O)OCC(COP(=O)(O)OC1C(OC2OC(CO)C(O)C(O)C2O)C(O)C(O)C(OC(=O)CCCCCCCCC/C=C\CCCCCC)C1OC1OC(COC(=O)CCCCCCCCC/C=C\CCCCCC)C(O)C(O)C1O)OC(=O)CCCCCCCCCCCCCCC. The van der Waals surface area contributed by atoms with Crippen molar-refractivity contribution in [1.29, 1.82) is 0 Å². The zero-order valence-electron chi connectivity index (χ0n) is 72.7. The Morgan fingerprint density at radius 2 is 0.641 bits per heavy atom. The molecule has 26 heteroatoms. The third-order valence-corrected chi connectivity index (χ3v) is 23.6. The van der Waals surface area contributed by atoms with Gasteiger partial charge in [0, 0.05) is 25.7 Å². The van der Waals surface area contributed by atoms with Crippen molar-refractivity contribution in [2.45, 2.75) is 491 Å². The zero-order chi connectivity index (χ0) is 85.4. The van der Waals surface area contributed by atoms with Crippen LogP contribution in [0.4, 0.5) is 0 Å². The maximum Gasteiger partial charge on any atom is 0.472 e. The van der Waals surface area contributed by atoms with E-state index >= 15 is 0 Å². The predicted molar refractivity (Wildman–Crippen MR) is 453 cm³/mol. The highest BCUT2D eigenvalue weighted by Crippen LogP contribution is 2.49. The van der Waals surface area contributed by atoms with Gasteiger partial charge >= 0.3 is 31.7 Å². The van der Waals surface area contributed by atoms with Crippen molar-refractivity contribution in [2.24, 2.45) is 0 Å². The second-order valence-electron chi connectivity index (χ2n) is 33.2. The molecule has 684 valence electrons. The quantitative estimate of drug-likeness (QED) is 0.00889. The lowest BCUT2D eigenvalue weighted by atomic mass is 9.84. The fourth-order valence-corrected chi connectivity index (χ4v) is 16.1. The van der Waals surface area contributed by atoms with Crippen molar-refractivity contribution in [1.82, 2.24) is 0 Å². The van der Waals surface area contributed by atoms with Crippen molar-refractivity contribution in [3.05, 3.63) is 36.5 Å². The molecule has 3 rings (SSSR count). The van der Waals surface area contributed by atoms with E-state index in [1.807, 2.05) is 0 Å². The van der Waals surface area contributed by atoms with Crippen LogP contribution in [0.2, 0.25) is 0 Å². The number of allylic oxidation sites excluding steroid dienone is 6. The molecule has 0 amide bonds. The minimum Gasteiger partial charge on any atom is -0.463 e. The highest BCUT2D eigenvalue weighted by atomic mass is 31.2. The molecule has 18 atom stereocenters. The van der Waals surface area contributed by atoms with Crippen LogP contribution in [0.3, 0.4) is 0 Å². The van der Waals surface area contributed by atoms with Gasteiger partial charge in [-0.05, 0) is 103 Å². The van der Waals surface area contributed by atoms with Gasteiger partial charge in [-0.3, -0.25) is 28.2 Å². The van der Waals surface area contributed by atoms with Gasteiger partial charge in [0.2, 0.25) is 0 Å². The van der Waals surface area contributed by atoms with Crippen LogP contribution in [0.1, 0.15) is 387 Å². The van der Waals surface area contributed by atoms with E-state index in [1.165, 1.54) is 122 Å². The molecular weight excluding hydrogens is 1520 g/mol. The molecule has 0 spiro atoms. The number of aliphatic hydroxyl groups excluding tert-OH is 9. The van der Waals surface area contributed by atoms with E-state index in [2.05, 4.69) is 64.2 Å². The van der Waals surface area contributed by atoms with Gasteiger partial charge in [0.25, 0.3) is 0 Å². The summed E-state index contributed by atoms with van der Waals surface area (Å²) >= 11 is 0. The minimum absolute atomic E-state index is 0.00797. The largest absolute Gasteiger partial charge is 0.472 e. The molecule has 0 radical (unpaired) electrons. The Hall–Kier alpha value is -3.31. The Morgan fingerprint density at radius 3 is 1.03 bits per heavy atom. The van der Waals surface area contributed by atoms with Crippen molar-refractivity contribution in [3.63, 3.8) is 0 Å². The van der Waals surface area contributed by atoms with Crippen molar-refractivity contribution in [2.75, 3.05) is 26.4 Å². The van der Waals surface area contributed by atoms with Crippen LogP contribution >= 0.6 is 7.82 Å². The van der Waals surface area contributed by atoms with E-state index < -0.39 is 162 Å². The molecule has 2 aliphatic heterocycles. The summed E-state index contributed by atoms with van der Waals surface area (Å²) in [6.07, 6.45) is 31.3. The normalized spacial score (nSPS) is 25.2. The molecule has 1 aliphatic carbocycles. The van der Waals surface area contributed by atoms with Gasteiger partial charge in [-0.25, -0.2) is 4.57 Å².